The summed E-state index contributed by atoms with van der Waals surface area (Å²) in [7, 11) is 2.04. The van der Waals surface area contributed by atoms with Crippen LogP contribution in [-0.2, 0) is 4.79 Å². The molecule has 1 N–H and O–H groups in total. The zero-order chi connectivity index (χ0) is 11.3. The molecule has 3 heteroatoms. The van der Waals surface area contributed by atoms with Crippen LogP contribution in [0.5, 0.6) is 0 Å². The van der Waals surface area contributed by atoms with Crippen LogP contribution in [-0.4, -0.2) is 37.0 Å². The second kappa shape index (κ2) is 5.51. The predicted molar refractivity (Wildman–Crippen MR) is 62.5 cm³/mol. The van der Waals surface area contributed by atoms with Gasteiger partial charge < -0.3 is 10.2 Å². The SMILES string of the molecule is C=C/C=C(\C=C)CC(=O)NC1CN(C)C1. The lowest BCUT2D eigenvalue weighted by Crippen LogP contribution is -2.57. The van der Waals surface area contributed by atoms with E-state index in [1.54, 1.807) is 18.2 Å². The number of hydrogen-bond donors (Lipinski definition) is 1. The first-order valence-electron chi connectivity index (χ1n) is 5.07. The van der Waals surface area contributed by atoms with Crippen LogP contribution in [0.3, 0.4) is 0 Å². The molecular formula is C12H18N2O. The van der Waals surface area contributed by atoms with Crippen LogP contribution in [0.15, 0.2) is 37.0 Å². The summed E-state index contributed by atoms with van der Waals surface area (Å²) in [6, 6.07) is 0.317. The molecule has 1 saturated heterocycles. The summed E-state index contributed by atoms with van der Waals surface area (Å²) in [4.78, 5) is 13.7. The topological polar surface area (TPSA) is 32.3 Å². The summed E-state index contributed by atoms with van der Waals surface area (Å²) in [6.07, 6.45) is 5.55. The van der Waals surface area contributed by atoms with Crippen molar-refractivity contribution in [2.24, 2.45) is 0 Å². The Kier molecular flexibility index (Phi) is 4.31. The highest BCUT2D eigenvalue weighted by molar-refractivity contribution is 5.79. The number of amides is 1. The van der Waals surface area contributed by atoms with E-state index < -0.39 is 0 Å². The van der Waals surface area contributed by atoms with E-state index >= 15 is 0 Å². The summed E-state index contributed by atoms with van der Waals surface area (Å²) >= 11 is 0. The van der Waals surface area contributed by atoms with Crippen molar-refractivity contribution in [3.05, 3.63) is 37.0 Å². The molecule has 1 rings (SSSR count). The Hall–Kier alpha value is -1.35. The molecule has 0 radical (unpaired) electrons. The zero-order valence-electron chi connectivity index (χ0n) is 9.20. The van der Waals surface area contributed by atoms with Gasteiger partial charge in [0.1, 0.15) is 0 Å². The van der Waals surface area contributed by atoms with Gasteiger partial charge in [-0.3, -0.25) is 4.79 Å². The molecule has 0 spiro atoms. The summed E-state index contributed by atoms with van der Waals surface area (Å²) in [5.41, 5.74) is 0.898. The molecule has 1 aliphatic heterocycles. The fourth-order valence-electron chi connectivity index (χ4n) is 1.60. The van der Waals surface area contributed by atoms with Gasteiger partial charge in [0, 0.05) is 13.1 Å². The van der Waals surface area contributed by atoms with Crippen molar-refractivity contribution in [2.45, 2.75) is 12.5 Å². The highest BCUT2D eigenvalue weighted by atomic mass is 16.1. The molecule has 1 fully saturated rings. The van der Waals surface area contributed by atoms with Crippen molar-refractivity contribution >= 4 is 5.91 Å². The first kappa shape index (κ1) is 11.7. The van der Waals surface area contributed by atoms with E-state index in [1.165, 1.54) is 0 Å². The molecule has 82 valence electrons. The van der Waals surface area contributed by atoms with Gasteiger partial charge in [-0.15, -0.1) is 0 Å². The van der Waals surface area contributed by atoms with E-state index in [4.69, 9.17) is 0 Å². The van der Waals surface area contributed by atoms with E-state index in [0.717, 1.165) is 18.7 Å². The Labute approximate surface area is 91.2 Å². The molecule has 0 saturated carbocycles. The van der Waals surface area contributed by atoms with Gasteiger partial charge in [0.05, 0.1) is 12.5 Å². The zero-order valence-corrected chi connectivity index (χ0v) is 9.20. The predicted octanol–water partition coefficient (Wildman–Crippen LogP) is 1.11. The molecule has 0 aromatic heterocycles. The number of nitrogens with zero attached hydrogens (tertiary/aromatic N) is 1. The molecule has 0 aliphatic carbocycles. The monoisotopic (exact) mass is 206 g/mol. The standard InChI is InChI=1S/C12H18N2O/c1-4-6-10(5-2)7-12(15)13-11-8-14(3)9-11/h4-6,11H,1-2,7-9H2,3H3,(H,13,15)/b10-6+. The highest BCUT2D eigenvalue weighted by Gasteiger charge is 2.24. The maximum absolute atomic E-state index is 11.5. The van der Waals surface area contributed by atoms with Gasteiger partial charge in [0.2, 0.25) is 5.91 Å². The van der Waals surface area contributed by atoms with Crippen LogP contribution in [0.2, 0.25) is 0 Å². The van der Waals surface area contributed by atoms with Gasteiger partial charge in [-0.25, -0.2) is 0 Å². The van der Waals surface area contributed by atoms with Gasteiger partial charge in [0.25, 0.3) is 0 Å². The number of allylic oxidation sites excluding steroid dienone is 3. The summed E-state index contributed by atoms with van der Waals surface area (Å²) in [5.74, 6) is 0.0566. The third-order valence-corrected chi connectivity index (χ3v) is 2.39. The number of likely N-dealkylation sites (N-methyl/N-ethyl adjacent to an activating group) is 1. The second-order valence-corrected chi connectivity index (χ2v) is 3.84. The highest BCUT2D eigenvalue weighted by Crippen LogP contribution is 2.06. The van der Waals surface area contributed by atoms with Crippen LogP contribution in [0.25, 0.3) is 0 Å². The molecule has 0 aromatic carbocycles. The van der Waals surface area contributed by atoms with Crippen molar-refractivity contribution in [1.82, 2.24) is 10.2 Å². The lowest BCUT2D eigenvalue weighted by molar-refractivity contribution is -0.122. The number of carbonyl (C=O) groups excluding carboxylic acids is 1. The quantitative estimate of drug-likeness (QED) is 0.683. The number of nitrogens with one attached hydrogen (secondary N) is 1. The molecule has 0 unspecified atom stereocenters. The smallest absolute Gasteiger partial charge is 0.224 e. The molecule has 15 heavy (non-hydrogen) atoms. The summed E-state index contributed by atoms with van der Waals surface area (Å²) < 4.78 is 0. The van der Waals surface area contributed by atoms with Crippen LogP contribution >= 0.6 is 0 Å². The minimum Gasteiger partial charge on any atom is -0.351 e. The number of hydrogen-bond acceptors (Lipinski definition) is 2. The Morgan fingerprint density at radius 2 is 2.20 bits per heavy atom. The van der Waals surface area contributed by atoms with E-state index in [9.17, 15) is 4.79 Å². The maximum Gasteiger partial charge on any atom is 0.224 e. The van der Waals surface area contributed by atoms with Crippen molar-refractivity contribution in [3.8, 4) is 0 Å². The van der Waals surface area contributed by atoms with Gasteiger partial charge in [-0.05, 0) is 12.6 Å². The Balaban J connectivity index is 2.31. The van der Waals surface area contributed by atoms with Crippen molar-refractivity contribution in [3.63, 3.8) is 0 Å². The van der Waals surface area contributed by atoms with Crippen molar-refractivity contribution < 1.29 is 4.79 Å². The fraction of sp³-hybridized carbons (Fsp3) is 0.417. The first-order valence-corrected chi connectivity index (χ1v) is 5.07. The molecule has 0 aromatic rings. The Morgan fingerprint density at radius 3 is 2.67 bits per heavy atom. The minimum absolute atomic E-state index is 0.0566. The number of carbonyl (C=O) groups is 1. The molecule has 0 bridgehead atoms. The number of likely N-dealkylation sites (tertiary alicyclic amines) is 1. The first-order chi connectivity index (χ1) is 7.15. The van der Waals surface area contributed by atoms with Crippen molar-refractivity contribution in [2.75, 3.05) is 20.1 Å². The van der Waals surface area contributed by atoms with Crippen molar-refractivity contribution in [1.29, 1.82) is 0 Å². The van der Waals surface area contributed by atoms with Gasteiger partial charge in [0.15, 0.2) is 0 Å². The average molecular weight is 206 g/mol. The Morgan fingerprint density at radius 1 is 1.53 bits per heavy atom. The third kappa shape index (κ3) is 3.72. The van der Waals surface area contributed by atoms with Crippen LogP contribution in [0.1, 0.15) is 6.42 Å². The molecular weight excluding hydrogens is 188 g/mol. The average Bonchev–Trinajstić information content (AvgIpc) is 2.14. The lowest BCUT2D eigenvalue weighted by Gasteiger charge is -2.36. The van der Waals surface area contributed by atoms with Gasteiger partial charge in [-0.2, -0.15) is 0 Å². The van der Waals surface area contributed by atoms with Gasteiger partial charge in [-0.1, -0.05) is 31.4 Å². The molecule has 3 nitrogen and oxygen atoms in total. The Bertz CT molecular complexity index is 288. The van der Waals surface area contributed by atoms with Crippen LogP contribution < -0.4 is 5.32 Å². The lowest BCUT2D eigenvalue weighted by atomic mass is 10.1. The van der Waals surface area contributed by atoms with E-state index in [1.807, 2.05) is 7.05 Å². The maximum atomic E-state index is 11.5. The third-order valence-electron chi connectivity index (χ3n) is 2.39. The van der Waals surface area contributed by atoms with Gasteiger partial charge >= 0.3 is 0 Å². The molecule has 0 atom stereocenters. The minimum atomic E-state index is 0.0566. The molecule has 1 amide bonds. The normalized spacial score (nSPS) is 18.1. The second-order valence-electron chi connectivity index (χ2n) is 3.84. The van der Waals surface area contributed by atoms with Crippen LogP contribution in [0.4, 0.5) is 0 Å². The largest absolute Gasteiger partial charge is 0.351 e. The summed E-state index contributed by atoms with van der Waals surface area (Å²) in [6.45, 7) is 9.13. The van der Waals surface area contributed by atoms with E-state index in [2.05, 4.69) is 23.4 Å². The van der Waals surface area contributed by atoms with E-state index in [-0.39, 0.29) is 5.91 Å². The molecule has 1 heterocycles. The fourth-order valence-corrected chi connectivity index (χ4v) is 1.60. The van der Waals surface area contributed by atoms with E-state index in [0.29, 0.717) is 12.5 Å². The van der Waals surface area contributed by atoms with Crippen LogP contribution in [0, 0.1) is 0 Å². The molecule has 1 aliphatic rings. The number of rotatable bonds is 5. The summed E-state index contributed by atoms with van der Waals surface area (Å²) in [5, 5.41) is 2.97.